The molecule has 5 heteroatoms. The minimum atomic E-state index is -0.457. The lowest BCUT2D eigenvalue weighted by molar-refractivity contribution is -0.124. The summed E-state index contributed by atoms with van der Waals surface area (Å²) >= 11 is 3.27. The van der Waals surface area contributed by atoms with Crippen LogP contribution in [0.1, 0.15) is 18.4 Å². The summed E-state index contributed by atoms with van der Waals surface area (Å²) in [6.45, 7) is 2.43. The lowest BCUT2D eigenvalue weighted by Crippen LogP contribution is -2.27. The number of carbonyl (C=O) groups excluding carboxylic acids is 1. The summed E-state index contributed by atoms with van der Waals surface area (Å²) in [4.78, 5) is 11.8. The average Bonchev–Trinajstić information content (AvgIpc) is 2.83. The van der Waals surface area contributed by atoms with Crippen molar-refractivity contribution in [1.29, 1.82) is 0 Å². The number of rotatable bonds is 2. The molecule has 0 spiro atoms. The number of nitrogens with one attached hydrogen (secondary N) is 1. The van der Waals surface area contributed by atoms with Crippen molar-refractivity contribution in [2.24, 2.45) is 0 Å². The third-order valence-electron chi connectivity index (χ3n) is 2.75. The summed E-state index contributed by atoms with van der Waals surface area (Å²) in [5.74, 6) is -0.735. The quantitative estimate of drug-likeness (QED) is 0.912. The molecule has 1 amide bonds. The first kappa shape index (κ1) is 12.5. The molecule has 0 unspecified atom stereocenters. The number of carbonyl (C=O) groups is 1. The van der Waals surface area contributed by atoms with Crippen LogP contribution in [0.3, 0.4) is 0 Å². The number of hydrogen-bond donors (Lipinski definition) is 1. The molecule has 1 saturated heterocycles. The number of aryl methyl sites for hydroxylation is 1. The Hall–Kier alpha value is -0.940. The Morgan fingerprint density at radius 3 is 3.00 bits per heavy atom. The lowest BCUT2D eigenvalue weighted by atomic mass is 10.2. The van der Waals surface area contributed by atoms with E-state index in [-0.39, 0.29) is 11.6 Å². The average molecular weight is 302 g/mol. The molecule has 1 N–H and O–H groups in total. The van der Waals surface area contributed by atoms with Crippen LogP contribution in [0.4, 0.5) is 10.1 Å². The fourth-order valence-electron chi connectivity index (χ4n) is 1.76. The monoisotopic (exact) mass is 301 g/mol. The van der Waals surface area contributed by atoms with Crippen LogP contribution < -0.4 is 5.32 Å². The second-order valence-corrected chi connectivity index (χ2v) is 4.84. The van der Waals surface area contributed by atoms with Crippen molar-refractivity contribution < 1.29 is 13.9 Å². The van der Waals surface area contributed by atoms with Crippen LogP contribution >= 0.6 is 15.9 Å². The molecule has 2 rings (SSSR count). The molecule has 1 heterocycles. The van der Waals surface area contributed by atoms with Gasteiger partial charge in [0.25, 0.3) is 5.91 Å². The van der Waals surface area contributed by atoms with Gasteiger partial charge >= 0.3 is 0 Å². The molecule has 92 valence electrons. The van der Waals surface area contributed by atoms with E-state index in [1.54, 1.807) is 6.07 Å². The van der Waals surface area contributed by atoms with Gasteiger partial charge in [0, 0.05) is 11.1 Å². The van der Waals surface area contributed by atoms with Gasteiger partial charge in [0.2, 0.25) is 0 Å². The summed E-state index contributed by atoms with van der Waals surface area (Å²) in [7, 11) is 0. The van der Waals surface area contributed by atoms with Crippen LogP contribution in [0, 0.1) is 12.7 Å². The first-order chi connectivity index (χ1) is 8.09. The smallest absolute Gasteiger partial charge is 0.253 e. The maximum Gasteiger partial charge on any atom is 0.253 e. The highest BCUT2D eigenvalue weighted by Crippen LogP contribution is 2.29. The summed E-state index contributed by atoms with van der Waals surface area (Å²) in [6.07, 6.45) is 1.11. The fourth-order valence-corrected chi connectivity index (χ4v) is 2.18. The van der Waals surface area contributed by atoms with Crippen molar-refractivity contribution in [1.82, 2.24) is 0 Å². The van der Waals surface area contributed by atoms with E-state index in [0.717, 1.165) is 12.0 Å². The topological polar surface area (TPSA) is 38.3 Å². The van der Waals surface area contributed by atoms with Crippen LogP contribution in [0.25, 0.3) is 0 Å². The first-order valence-electron chi connectivity index (χ1n) is 5.46. The Morgan fingerprint density at radius 1 is 1.59 bits per heavy atom. The third kappa shape index (κ3) is 2.66. The standard InChI is InChI=1S/C12H13BrFNO2/c1-7-4-5-8(14)11(10(7)13)15-12(16)9-3-2-6-17-9/h4-5,9H,2-3,6H2,1H3,(H,15,16)/t9-/m1/s1. The van der Waals surface area contributed by atoms with E-state index in [0.29, 0.717) is 17.5 Å². The molecule has 0 bridgehead atoms. The van der Waals surface area contributed by atoms with Gasteiger partial charge in [-0.25, -0.2) is 4.39 Å². The molecular weight excluding hydrogens is 289 g/mol. The molecule has 0 saturated carbocycles. The van der Waals surface area contributed by atoms with Crippen molar-refractivity contribution in [2.75, 3.05) is 11.9 Å². The third-order valence-corrected chi connectivity index (χ3v) is 3.78. The molecule has 1 aromatic rings. The zero-order valence-electron chi connectivity index (χ0n) is 9.43. The highest BCUT2D eigenvalue weighted by molar-refractivity contribution is 9.10. The molecule has 17 heavy (non-hydrogen) atoms. The Kier molecular flexibility index (Phi) is 3.79. The van der Waals surface area contributed by atoms with Gasteiger partial charge in [-0.1, -0.05) is 6.07 Å². The number of amides is 1. The summed E-state index contributed by atoms with van der Waals surface area (Å²) in [6, 6.07) is 2.99. The Morgan fingerprint density at radius 2 is 2.35 bits per heavy atom. The largest absolute Gasteiger partial charge is 0.368 e. The minimum Gasteiger partial charge on any atom is -0.368 e. The number of benzene rings is 1. The van der Waals surface area contributed by atoms with Gasteiger partial charge in [-0.05, 0) is 47.3 Å². The molecule has 1 aliphatic heterocycles. The van der Waals surface area contributed by atoms with E-state index in [2.05, 4.69) is 21.2 Å². The summed E-state index contributed by atoms with van der Waals surface area (Å²) < 4.78 is 19.4. The normalized spacial score (nSPS) is 19.4. The van der Waals surface area contributed by atoms with Crippen LogP contribution in [0.5, 0.6) is 0 Å². The predicted octanol–water partition coefficient (Wildman–Crippen LogP) is 3.01. The molecule has 1 atom stereocenters. The molecule has 0 aromatic heterocycles. The molecule has 1 fully saturated rings. The van der Waals surface area contributed by atoms with E-state index in [1.807, 2.05) is 6.92 Å². The highest BCUT2D eigenvalue weighted by atomic mass is 79.9. The van der Waals surface area contributed by atoms with Gasteiger partial charge in [-0.2, -0.15) is 0 Å². The highest BCUT2D eigenvalue weighted by Gasteiger charge is 2.25. The van der Waals surface area contributed by atoms with Gasteiger partial charge in [0.15, 0.2) is 0 Å². The maximum absolute atomic E-state index is 13.6. The molecule has 1 aromatic carbocycles. The van der Waals surface area contributed by atoms with Crippen LogP contribution in [-0.4, -0.2) is 18.6 Å². The van der Waals surface area contributed by atoms with Crippen molar-refractivity contribution in [2.45, 2.75) is 25.9 Å². The van der Waals surface area contributed by atoms with E-state index in [1.165, 1.54) is 6.07 Å². The van der Waals surface area contributed by atoms with Gasteiger partial charge < -0.3 is 10.1 Å². The summed E-state index contributed by atoms with van der Waals surface area (Å²) in [5, 5.41) is 2.58. The van der Waals surface area contributed by atoms with Crippen LogP contribution in [0.2, 0.25) is 0 Å². The van der Waals surface area contributed by atoms with E-state index in [9.17, 15) is 9.18 Å². The van der Waals surface area contributed by atoms with Crippen molar-refractivity contribution in [3.8, 4) is 0 Å². The van der Waals surface area contributed by atoms with Crippen LogP contribution in [0.15, 0.2) is 16.6 Å². The zero-order valence-corrected chi connectivity index (χ0v) is 11.0. The Bertz CT molecular complexity index is 444. The Balaban J connectivity index is 2.17. The van der Waals surface area contributed by atoms with Crippen molar-refractivity contribution >= 4 is 27.5 Å². The number of hydrogen-bond acceptors (Lipinski definition) is 2. The van der Waals surface area contributed by atoms with Gasteiger partial charge in [0.1, 0.15) is 11.9 Å². The van der Waals surface area contributed by atoms with E-state index >= 15 is 0 Å². The van der Waals surface area contributed by atoms with Gasteiger partial charge in [0.05, 0.1) is 5.69 Å². The molecule has 0 radical (unpaired) electrons. The first-order valence-corrected chi connectivity index (χ1v) is 6.26. The molecular formula is C12H13BrFNO2. The molecule has 3 nitrogen and oxygen atoms in total. The van der Waals surface area contributed by atoms with Crippen LogP contribution in [-0.2, 0) is 9.53 Å². The van der Waals surface area contributed by atoms with Gasteiger partial charge in [-0.15, -0.1) is 0 Å². The zero-order chi connectivity index (χ0) is 12.4. The number of ether oxygens (including phenoxy) is 1. The Labute approximate surface area is 107 Å². The predicted molar refractivity (Wildman–Crippen MR) is 66.4 cm³/mol. The maximum atomic E-state index is 13.6. The second kappa shape index (κ2) is 5.14. The SMILES string of the molecule is Cc1ccc(F)c(NC(=O)[C@H]2CCCO2)c1Br. The molecule has 0 aliphatic carbocycles. The number of halogens is 2. The second-order valence-electron chi connectivity index (χ2n) is 4.04. The van der Waals surface area contributed by atoms with E-state index < -0.39 is 11.9 Å². The lowest BCUT2D eigenvalue weighted by Gasteiger charge is -2.13. The number of anilines is 1. The van der Waals surface area contributed by atoms with Crippen molar-refractivity contribution in [3.63, 3.8) is 0 Å². The summed E-state index contributed by atoms with van der Waals surface area (Å²) in [5.41, 5.74) is 1.06. The molecule has 1 aliphatic rings. The minimum absolute atomic E-state index is 0.186. The van der Waals surface area contributed by atoms with E-state index in [4.69, 9.17) is 4.74 Å². The fraction of sp³-hybridized carbons (Fsp3) is 0.417. The van der Waals surface area contributed by atoms with Crippen molar-refractivity contribution in [3.05, 3.63) is 28.0 Å². The van der Waals surface area contributed by atoms with Gasteiger partial charge in [-0.3, -0.25) is 4.79 Å².